The van der Waals surface area contributed by atoms with Crippen LogP contribution < -0.4 is 10.6 Å². The topological polar surface area (TPSA) is 95.5 Å². The standard InChI is InChI=1S/C21H30N2O4/c1-14-6-5-7-16(10-14)12-18(21(26)27)13-22-19(24)11-15(2)23-20(25)17-8-3-4-9-17/h5-7,10,15,17-18H,3-4,8-9,11-13H2,1-2H3,(H,22,24)(H,23,25)(H,26,27). The predicted molar refractivity (Wildman–Crippen MR) is 103 cm³/mol. The van der Waals surface area contributed by atoms with E-state index in [1.54, 1.807) is 6.92 Å². The molecule has 0 heterocycles. The van der Waals surface area contributed by atoms with Gasteiger partial charge in [-0.25, -0.2) is 0 Å². The van der Waals surface area contributed by atoms with E-state index in [2.05, 4.69) is 10.6 Å². The fourth-order valence-corrected chi connectivity index (χ4v) is 3.56. The van der Waals surface area contributed by atoms with Crippen molar-refractivity contribution in [3.63, 3.8) is 0 Å². The molecule has 6 heteroatoms. The monoisotopic (exact) mass is 374 g/mol. The van der Waals surface area contributed by atoms with Crippen LogP contribution in [0.5, 0.6) is 0 Å². The summed E-state index contributed by atoms with van der Waals surface area (Å²) in [6.07, 6.45) is 4.53. The van der Waals surface area contributed by atoms with Gasteiger partial charge in [0.05, 0.1) is 5.92 Å². The van der Waals surface area contributed by atoms with Crippen LogP contribution in [-0.4, -0.2) is 35.5 Å². The predicted octanol–water partition coefficient (Wildman–Crippen LogP) is 2.44. The third-order valence-electron chi connectivity index (χ3n) is 5.07. The maximum Gasteiger partial charge on any atom is 0.308 e. The third kappa shape index (κ3) is 7.04. The lowest BCUT2D eigenvalue weighted by atomic mass is 9.98. The second-order valence-corrected chi connectivity index (χ2v) is 7.63. The summed E-state index contributed by atoms with van der Waals surface area (Å²) in [6.45, 7) is 3.83. The van der Waals surface area contributed by atoms with E-state index in [1.807, 2.05) is 31.2 Å². The molecule has 2 rings (SSSR count). The van der Waals surface area contributed by atoms with Crippen molar-refractivity contribution in [1.29, 1.82) is 0 Å². The highest BCUT2D eigenvalue weighted by Crippen LogP contribution is 2.24. The molecule has 148 valence electrons. The highest BCUT2D eigenvalue weighted by molar-refractivity contribution is 5.81. The van der Waals surface area contributed by atoms with Crippen LogP contribution in [0.1, 0.15) is 50.2 Å². The van der Waals surface area contributed by atoms with Crippen LogP contribution in [0, 0.1) is 18.8 Å². The van der Waals surface area contributed by atoms with E-state index in [1.165, 1.54) is 0 Å². The lowest BCUT2D eigenvalue weighted by molar-refractivity contribution is -0.141. The quantitative estimate of drug-likeness (QED) is 0.619. The number of aryl methyl sites for hydroxylation is 1. The molecule has 6 nitrogen and oxygen atoms in total. The molecule has 1 fully saturated rings. The van der Waals surface area contributed by atoms with Gasteiger partial charge >= 0.3 is 5.97 Å². The average Bonchev–Trinajstić information content (AvgIpc) is 3.13. The molecule has 0 aliphatic heterocycles. The summed E-state index contributed by atoms with van der Waals surface area (Å²) in [7, 11) is 0. The second-order valence-electron chi connectivity index (χ2n) is 7.63. The van der Waals surface area contributed by atoms with Crippen molar-refractivity contribution in [3.05, 3.63) is 35.4 Å². The van der Waals surface area contributed by atoms with Gasteiger partial charge in [0.1, 0.15) is 0 Å². The minimum Gasteiger partial charge on any atom is -0.481 e. The normalized spacial score (nSPS) is 16.5. The molecule has 1 aromatic carbocycles. The zero-order valence-corrected chi connectivity index (χ0v) is 16.2. The van der Waals surface area contributed by atoms with Crippen molar-refractivity contribution >= 4 is 17.8 Å². The van der Waals surface area contributed by atoms with E-state index in [4.69, 9.17) is 0 Å². The Labute approximate surface area is 160 Å². The number of carbonyl (C=O) groups is 3. The lowest BCUT2D eigenvalue weighted by Crippen LogP contribution is -2.41. The fraction of sp³-hybridized carbons (Fsp3) is 0.571. The molecule has 0 radical (unpaired) electrons. The summed E-state index contributed by atoms with van der Waals surface area (Å²) in [6, 6.07) is 7.45. The van der Waals surface area contributed by atoms with Crippen LogP contribution in [0.2, 0.25) is 0 Å². The first-order chi connectivity index (χ1) is 12.8. The van der Waals surface area contributed by atoms with Gasteiger partial charge in [-0.2, -0.15) is 0 Å². The summed E-state index contributed by atoms with van der Waals surface area (Å²) in [5.41, 5.74) is 2.02. The molecular weight excluding hydrogens is 344 g/mol. The van der Waals surface area contributed by atoms with Crippen LogP contribution in [0.25, 0.3) is 0 Å². The zero-order chi connectivity index (χ0) is 19.8. The molecule has 2 unspecified atom stereocenters. The molecule has 0 bridgehead atoms. The molecular formula is C21H30N2O4. The number of carboxylic acids is 1. The van der Waals surface area contributed by atoms with Crippen molar-refractivity contribution in [3.8, 4) is 0 Å². The molecule has 27 heavy (non-hydrogen) atoms. The maximum atomic E-state index is 12.1. The van der Waals surface area contributed by atoms with Gasteiger partial charge in [0.15, 0.2) is 0 Å². The molecule has 1 aromatic rings. The zero-order valence-electron chi connectivity index (χ0n) is 16.2. The van der Waals surface area contributed by atoms with Gasteiger partial charge < -0.3 is 15.7 Å². The van der Waals surface area contributed by atoms with Gasteiger partial charge in [-0.15, -0.1) is 0 Å². The molecule has 1 aliphatic rings. The SMILES string of the molecule is Cc1cccc(CC(CNC(=O)CC(C)NC(=O)C2CCCC2)C(=O)O)c1. The molecule has 3 N–H and O–H groups in total. The van der Waals surface area contributed by atoms with Crippen molar-refractivity contribution in [2.45, 2.75) is 58.4 Å². The molecule has 1 saturated carbocycles. The number of rotatable bonds is 9. The summed E-state index contributed by atoms with van der Waals surface area (Å²) in [5.74, 6) is -1.76. The number of carbonyl (C=O) groups excluding carboxylic acids is 2. The first-order valence-electron chi connectivity index (χ1n) is 9.70. The van der Waals surface area contributed by atoms with Crippen LogP contribution in [0.15, 0.2) is 24.3 Å². The van der Waals surface area contributed by atoms with Crippen LogP contribution in [0.3, 0.4) is 0 Å². The van der Waals surface area contributed by atoms with Crippen molar-refractivity contribution in [1.82, 2.24) is 10.6 Å². The van der Waals surface area contributed by atoms with Crippen molar-refractivity contribution < 1.29 is 19.5 Å². The highest BCUT2D eigenvalue weighted by atomic mass is 16.4. The molecule has 0 spiro atoms. The minimum atomic E-state index is -0.931. The smallest absolute Gasteiger partial charge is 0.308 e. The number of carboxylic acid groups (broad SMARTS) is 1. The summed E-state index contributed by atoms with van der Waals surface area (Å²) in [4.78, 5) is 35.7. The Morgan fingerprint density at radius 3 is 2.56 bits per heavy atom. The van der Waals surface area contributed by atoms with Crippen LogP contribution >= 0.6 is 0 Å². The van der Waals surface area contributed by atoms with Gasteiger partial charge in [-0.3, -0.25) is 14.4 Å². The van der Waals surface area contributed by atoms with E-state index in [0.29, 0.717) is 6.42 Å². The Kier molecular flexibility index (Phi) is 7.82. The number of hydrogen-bond donors (Lipinski definition) is 3. The van der Waals surface area contributed by atoms with E-state index < -0.39 is 11.9 Å². The summed E-state index contributed by atoms with van der Waals surface area (Å²) < 4.78 is 0. The van der Waals surface area contributed by atoms with E-state index in [9.17, 15) is 19.5 Å². The first-order valence-corrected chi connectivity index (χ1v) is 9.70. The average molecular weight is 374 g/mol. The van der Waals surface area contributed by atoms with Crippen molar-refractivity contribution in [2.75, 3.05) is 6.54 Å². The first kappa shape index (κ1) is 20.9. The summed E-state index contributed by atoms with van der Waals surface area (Å²) >= 11 is 0. The van der Waals surface area contributed by atoms with Gasteiger partial charge in [0.2, 0.25) is 11.8 Å². The Morgan fingerprint density at radius 1 is 1.22 bits per heavy atom. The molecule has 2 amide bonds. The van der Waals surface area contributed by atoms with Crippen LogP contribution in [-0.2, 0) is 20.8 Å². The Bertz CT molecular complexity index is 668. The highest BCUT2D eigenvalue weighted by Gasteiger charge is 2.24. The number of nitrogens with one attached hydrogen (secondary N) is 2. The van der Waals surface area contributed by atoms with Gasteiger partial charge in [0.25, 0.3) is 0 Å². The number of amides is 2. The lowest BCUT2D eigenvalue weighted by Gasteiger charge is -2.18. The number of benzene rings is 1. The van der Waals surface area contributed by atoms with E-state index in [0.717, 1.165) is 36.8 Å². The minimum absolute atomic E-state index is 0.0238. The fourth-order valence-electron chi connectivity index (χ4n) is 3.56. The molecule has 0 aromatic heterocycles. The number of hydrogen-bond acceptors (Lipinski definition) is 3. The van der Waals surface area contributed by atoms with Crippen molar-refractivity contribution in [2.24, 2.45) is 11.8 Å². The Hall–Kier alpha value is -2.37. The molecule has 2 atom stereocenters. The molecule has 0 saturated heterocycles. The van der Waals surface area contributed by atoms with Crippen LogP contribution in [0.4, 0.5) is 0 Å². The maximum absolute atomic E-state index is 12.1. The number of aliphatic carboxylic acids is 1. The Morgan fingerprint density at radius 2 is 1.93 bits per heavy atom. The second kappa shape index (κ2) is 10.1. The van der Waals surface area contributed by atoms with E-state index in [-0.39, 0.29) is 36.7 Å². The third-order valence-corrected chi connectivity index (χ3v) is 5.07. The van der Waals surface area contributed by atoms with Gasteiger partial charge in [0, 0.05) is 24.9 Å². The Balaban J connectivity index is 1.77. The van der Waals surface area contributed by atoms with Gasteiger partial charge in [-0.1, -0.05) is 42.7 Å². The van der Waals surface area contributed by atoms with Gasteiger partial charge in [-0.05, 0) is 38.7 Å². The molecule has 1 aliphatic carbocycles. The largest absolute Gasteiger partial charge is 0.481 e. The summed E-state index contributed by atoms with van der Waals surface area (Å²) in [5, 5.41) is 15.0. The van der Waals surface area contributed by atoms with E-state index >= 15 is 0 Å².